The summed E-state index contributed by atoms with van der Waals surface area (Å²) in [6.45, 7) is 0. The van der Waals surface area contributed by atoms with Crippen molar-refractivity contribution in [3.63, 3.8) is 0 Å². The van der Waals surface area contributed by atoms with Crippen LogP contribution in [0.5, 0.6) is 0 Å². The number of rotatable bonds is 7. The summed E-state index contributed by atoms with van der Waals surface area (Å²) in [5, 5.41) is 8.60. The van der Waals surface area contributed by atoms with Gasteiger partial charge in [0.2, 0.25) is 15.9 Å². The molecule has 0 amide bonds. The van der Waals surface area contributed by atoms with Crippen LogP contribution in [0.15, 0.2) is 64.2 Å². The summed E-state index contributed by atoms with van der Waals surface area (Å²) in [5.74, 6) is 1.26. The van der Waals surface area contributed by atoms with Gasteiger partial charge in [-0.15, -0.1) is 10.2 Å². The molecule has 6 nitrogen and oxygen atoms in total. The highest BCUT2D eigenvalue weighted by Crippen LogP contribution is 2.25. The Bertz CT molecular complexity index is 923. The van der Waals surface area contributed by atoms with Crippen LogP contribution in [0.1, 0.15) is 5.56 Å². The Morgan fingerprint density at radius 1 is 1.04 bits per heavy atom. The maximum atomic E-state index is 11.2. The molecule has 3 rings (SSSR count). The minimum absolute atomic E-state index is 0.410. The van der Waals surface area contributed by atoms with Gasteiger partial charge in [-0.05, 0) is 36.2 Å². The summed E-state index contributed by atoms with van der Waals surface area (Å²) in [6.07, 6.45) is 2.03. The maximum absolute atomic E-state index is 11.2. The number of aromatic nitrogens is 2. The molecule has 0 atom stereocenters. The number of benzene rings is 2. The number of anilines is 1. The fraction of sp³-hybridized carbons (Fsp3) is 0.176. The van der Waals surface area contributed by atoms with Crippen LogP contribution in [0.4, 0.5) is 5.69 Å². The SMILES string of the molecule is CS(=O)(=O)Nc1ccc(-c2nnc(SCCc3ccccc3)o2)cc1. The van der Waals surface area contributed by atoms with Gasteiger partial charge in [-0.1, -0.05) is 42.1 Å². The summed E-state index contributed by atoms with van der Waals surface area (Å²) in [5.41, 5.74) is 2.49. The van der Waals surface area contributed by atoms with Gasteiger partial charge in [0.15, 0.2) is 0 Å². The molecule has 0 saturated heterocycles. The first-order valence-corrected chi connectivity index (χ1v) is 10.5. The zero-order chi connectivity index (χ0) is 17.7. The molecule has 25 heavy (non-hydrogen) atoms. The van der Waals surface area contributed by atoms with Gasteiger partial charge >= 0.3 is 0 Å². The maximum Gasteiger partial charge on any atom is 0.276 e. The first kappa shape index (κ1) is 17.5. The topological polar surface area (TPSA) is 85.1 Å². The van der Waals surface area contributed by atoms with Crippen LogP contribution in [0.3, 0.4) is 0 Å². The number of thioether (sulfide) groups is 1. The predicted molar refractivity (Wildman–Crippen MR) is 99.1 cm³/mol. The highest BCUT2D eigenvalue weighted by molar-refractivity contribution is 7.99. The number of sulfonamides is 1. The highest BCUT2D eigenvalue weighted by Gasteiger charge is 2.10. The molecule has 8 heteroatoms. The van der Waals surface area contributed by atoms with Gasteiger partial charge in [-0.3, -0.25) is 4.72 Å². The molecule has 0 unspecified atom stereocenters. The standard InChI is InChI=1S/C17H17N3O3S2/c1-25(21,22)20-15-9-7-14(8-10-15)16-18-19-17(23-16)24-12-11-13-5-3-2-4-6-13/h2-10,20H,11-12H2,1H3. The number of hydrogen-bond donors (Lipinski definition) is 1. The highest BCUT2D eigenvalue weighted by atomic mass is 32.2. The Morgan fingerprint density at radius 3 is 2.44 bits per heavy atom. The van der Waals surface area contributed by atoms with Crippen molar-refractivity contribution in [1.29, 1.82) is 0 Å². The fourth-order valence-corrected chi connectivity index (χ4v) is 3.49. The Morgan fingerprint density at radius 2 is 1.76 bits per heavy atom. The smallest absolute Gasteiger partial charge is 0.276 e. The van der Waals surface area contributed by atoms with Crippen LogP contribution in [-0.4, -0.2) is 30.6 Å². The van der Waals surface area contributed by atoms with E-state index < -0.39 is 10.0 Å². The molecule has 130 valence electrons. The lowest BCUT2D eigenvalue weighted by Gasteiger charge is -2.03. The second-order valence-electron chi connectivity index (χ2n) is 5.41. The van der Waals surface area contributed by atoms with Gasteiger partial charge in [0.1, 0.15) is 0 Å². The first-order chi connectivity index (χ1) is 12.0. The number of hydrogen-bond acceptors (Lipinski definition) is 6. The molecule has 1 aromatic heterocycles. The van der Waals surface area contributed by atoms with Crippen LogP contribution >= 0.6 is 11.8 Å². The second kappa shape index (κ2) is 7.71. The minimum Gasteiger partial charge on any atom is -0.411 e. The molecule has 0 spiro atoms. The average molecular weight is 375 g/mol. The van der Waals surface area contributed by atoms with Crippen LogP contribution in [0.25, 0.3) is 11.5 Å². The number of aryl methyl sites for hydroxylation is 1. The van der Waals surface area contributed by atoms with Crippen molar-refractivity contribution in [1.82, 2.24) is 10.2 Å². The largest absolute Gasteiger partial charge is 0.411 e. The van der Waals surface area contributed by atoms with Gasteiger partial charge in [0.25, 0.3) is 5.22 Å². The van der Waals surface area contributed by atoms with E-state index in [0.29, 0.717) is 16.8 Å². The molecule has 1 N–H and O–H groups in total. The van der Waals surface area contributed by atoms with Crippen molar-refractivity contribution in [2.24, 2.45) is 0 Å². The molecule has 0 aliphatic carbocycles. The Labute approximate surface area is 150 Å². The third-order valence-corrected chi connectivity index (χ3v) is 4.73. The van der Waals surface area contributed by atoms with E-state index in [1.165, 1.54) is 17.3 Å². The molecule has 0 saturated carbocycles. The van der Waals surface area contributed by atoms with Gasteiger partial charge in [0.05, 0.1) is 6.26 Å². The van der Waals surface area contributed by atoms with E-state index in [2.05, 4.69) is 27.1 Å². The molecular formula is C17H17N3O3S2. The zero-order valence-electron chi connectivity index (χ0n) is 13.5. The average Bonchev–Trinajstić information content (AvgIpc) is 3.04. The fourth-order valence-electron chi connectivity index (χ4n) is 2.18. The molecule has 0 fully saturated rings. The van der Waals surface area contributed by atoms with Crippen molar-refractivity contribution in [3.8, 4) is 11.5 Å². The summed E-state index contributed by atoms with van der Waals surface area (Å²) >= 11 is 1.51. The predicted octanol–water partition coefficient (Wildman–Crippen LogP) is 3.44. The van der Waals surface area contributed by atoms with E-state index in [4.69, 9.17) is 4.42 Å². The van der Waals surface area contributed by atoms with Crippen molar-refractivity contribution < 1.29 is 12.8 Å². The third-order valence-electron chi connectivity index (χ3n) is 3.30. The molecule has 2 aromatic carbocycles. The Balaban J connectivity index is 1.59. The van der Waals surface area contributed by atoms with Crippen LogP contribution in [0.2, 0.25) is 0 Å². The lowest BCUT2D eigenvalue weighted by atomic mass is 10.2. The van der Waals surface area contributed by atoms with E-state index >= 15 is 0 Å². The van der Waals surface area contributed by atoms with Crippen molar-refractivity contribution >= 4 is 27.5 Å². The number of nitrogens with one attached hydrogen (secondary N) is 1. The van der Waals surface area contributed by atoms with E-state index in [1.54, 1.807) is 24.3 Å². The monoisotopic (exact) mass is 375 g/mol. The van der Waals surface area contributed by atoms with E-state index in [0.717, 1.165) is 24.0 Å². The van der Waals surface area contributed by atoms with Crippen LogP contribution in [0, 0.1) is 0 Å². The molecular weight excluding hydrogens is 358 g/mol. The van der Waals surface area contributed by atoms with Crippen molar-refractivity contribution in [2.45, 2.75) is 11.6 Å². The summed E-state index contributed by atoms with van der Waals surface area (Å²) in [6, 6.07) is 17.0. The quantitative estimate of drug-likeness (QED) is 0.637. The summed E-state index contributed by atoms with van der Waals surface area (Å²) in [7, 11) is -3.29. The zero-order valence-corrected chi connectivity index (χ0v) is 15.2. The second-order valence-corrected chi connectivity index (χ2v) is 8.20. The first-order valence-electron chi connectivity index (χ1n) is 7.58. The molecule has 1 heterocycles. The Kier molecular flexibility index (Phi) is 5.40. The van der Waals surface area contributed by atoms with Crippen molar-refractivity contribution in [2.75, 3.05) is 16.7 Å². The molecule has 0 aliphatic heterocycles. The molecule has 0 aliphatic rings. The van der Waals surface area contributed by atoms with Crippen LogP contribution < -0.4 is 4.72 Å². The third kappa shape index (κ3) is 5.33. The number of nitrogens with zero attached hydrogens (tertiary/aromatic N) is 2. The molecule has 3 aromatic rings. The minimum atomic E-state index is -3.29. The van der Waals surface area contributed by atoms with Gasteiger partial charge in [-0.2, -0.15) is 0 Å². The van der Waals surface area contributed by atoms with E-state index in [9.17, 15) is 8.42 Å². The normalized spacial score (nSPS) is 11.4. The summed E-state index contributed by atoms with van der Waals surface area (Å²) < 4.78 is 30.5. The Hall–Kier alpha value is -2.32. The lowest BCUT2D eigenvalue weighted by Crippen LogP contribution is -2.09. The molecule has 0 radical (unpaired) electrons. The summed E-state index contributed by atoms with van der Waals surface area (Å²) in [4.78, 5) is 0. The lowest BCUT2D eigenvalue weighted by molar-refractivity contribution is 0.466. The van der Waals surface area contributed by atoms with Crippen LogP contribution in [-0.2, 0) is 16.4 Å². The van der Waals surface area contributed by atoms with Gasteiger partial charge in [0, 0.05) is 17.0 Å². The van der Waals surface area contributed by atoms with E-state index in [1.807, 2.05) is 18.2 Å². The van der Waals surface area contributed by atoms with Gasteiger partial charge < -0.3 is 4.42 Å². The van der Waals surface area contributed by atoms with Crippen molar-refractivity contribution in [3.05, 3.63) is 60.2 Å². The van der Waals surface area contributed by atoms with E-state index in [-0.39, 0.29) is 0 Å². The molecule has 0 bridgehead atoms. The van der Waals surface area contributed by atoms with Gasteiger partial charge in [-0.25, -0.2) is 8.42 Å².